The molecule has 74 heavy (non-hydrogen) atoms. The van der Waals surface area contributed by atoms with Crippen LogP contribution in [0.3, 0.4) is 0 Å². The molecule has 12 rings (SSSR count). The Morgan fingerprint density at radius 3 is 0.986 bits per heavy atom. The molecule has 2 heterocycles. The lowest BCUT2D eigenvalue weighted by molar-refractivity contribution is -0.137. The summed E-state index contributed by atoms with van der Waals surface area (Å²) in [5, 5.41) is 25.7. The zero-order chi connectivity index (χ0) is 51.0. The summed E-state index contributed by atoms with van der Waals surface area (Å²) in [5.41, 5.74) is 17.6. The molecule has 0 aliphatic heterocycles. The second kappa shape index (κ2) is 17.7. The van der Waals surface area contributed by atoms with Crippen LogP contribution in [0, 0.1) is 50.4 Å². The van der Waals surface area contributed by atoms with Gasteiger partial charge in [0, 0.05) is 32.7 Å². The average Bonchev–Trinajstić information content (AvgIpc) is 3.91. The van der Waals surface area contributed by atoms with Crippen molar-refractivity contribution in [1.29, 1.82) is 10.5 Å². The molecule has 0 amide bonds. The van der Waals surface area contributed by atoms with Crippen molar-refractivity contribution in [3.63, 3.8) is 0 Å². The summed E-state index contributed by atoms with van der Waals surface area (Å²) in [5.74, 6) is 0. The first-order chi connectivity index (χ1) is 35.8. The van der Waals surface area contributed by atoms with Crippen LogP contribution < -0.4 is 0 Å². The van der Waals surface area contributed by atoms with E-state index in [-0.39, 0.29) is 16.7 Å². The lowest BCUT2D eigenvalue weighted by Gasteiger charge is -2.20. The van der Waals surface area contributed by atoms with Crippen molar-refractivity contribution in [1.82, 2.24) is 9.13 Å². The minimum absolute atomic E-state index is 0.188. The fourth-order valence-electron chi connectivity index (χ4n) is 10.9. The third-order valence-corrected chi connectivity index (χ3v) is 14.4. The number of benzene rings is 10. The number of aromatic nitrogens is 2. The van der Waals surface area contributed by atoms with E-state index in [0.717, 1.165) is 123 Å². The van der Waals surface area contributed by atoms with E-state index in [1.165, 1.54) is 6.07 Å². The van der Waals surface area contributed by atoms with E-state index in [0.29, 0.717) is 16.9 Å². The molecule has 0 bridgehead atoms. The highest BCUT2D eigenvalue weighted by Crippen LogP contribution is 2.45. The summed E-state index contributed by atoms with van der Waals surface area (Å²) >= 11 is 0. The maximum atomic E-state index is 14.2. The SMILES string of the molecule is Cc1cccc(-c2ccc3c(c2)c2cc(-c4cccc(C)c4)ccc2n3-c2cc(C#N)c(-c3ccc(C(F)(F)F)cc3C#N)cc2-n2c3ccc(-c4cccc(C)c4)cc3c3cc(-c4cccc(C)c4)ccc32)c1. The number of nitriles is 2. The van der Waals surface area contributed by atoms with E-state index in [1.807, 2.05) is 18.2 Å². The fraction of sp³-hybridized carbons (Fsp3) is 0.0746. The topological polar surface area (TPSA) is 57.4 Å². The number of fused-ring (bicyclic) bond motifs is 6. The Hall–Kier alpha value is -9.43. The van der Waals surface area contributed by atoms with E-state index in [4.69, 9.17) is 0 Å². The summed E-state index contributed by atoms with van der Waals surface area (Å²) in [7, 11) is 0. The predicted molar refractivity (Wildman–Crippen MR) is 296 cm³/mol. The number of alkyl halides is 3. The fourth-order valence-corrected chi connectivity index (χ4v) is 10.9. The molecule has 10 aromatic carbocycles. The predicted octanol–water partition coefficient (Wildman–Crippen LogP) is 18.2. The van der Waals surface area contributed by atoms with Crippen molar-refractivity contribution < 1.29 is 13.2 Å². The molecule has 354 valence electrons. The third-order valence-electron chi connectivity index (χ3n) is 14.4. The van der Waals surface area contributed by atoms with Crippen LogP contribution >= 0.6 is 0 Å². The molecule has 0 saturated carbocycles. The van der Waals surface area contributed by atoms with Crippen LogP contribution in [0.1, 0.15) is 38.9 Å². The Bertz CT molecular complexity index is 4180. The Morgan fingerprint density at radius 2 is 0.662 bits per heavy atom. The largest absolute Gasteiger partial charge is 0.416 e. The van der Waals surface area contributed by atoms with Crippen molar-refractivity contribution in [3.05, 3.63) is 239 Å². The Balaban J connectivity index is 1.22. The van der Waals surface area contributed by atoms with Gasteiger partial charge in [0.05, 0.1) is 62.3 Å². The number of nitrogens with zero attached hydrogens (tertiary/aromatic N) is 4. The second-order valence-corrected chi connectivity index (χ2v) is 19.4. The first-order valence-electron chi connectivity index (χ1n) is 24.5. The van der Waals surface area contributed by atoms with Gasteiger partial charge >= 0.3 is 6.18 Å². The maximum absolute atomic E-state index is 14.2. The summed E-state index contributed by atoms with van der Waals surface area (Å²) in [4.78, 5) is 0. The second-order valence-electron chi connectivity index (χ2n) is 19.4. The zero-order valence-electron chi connectivity index (χ0n) is 41.0. The van der Waals surface area contributed by atoms with Crippen LogP contribution in [0.25, 0.3) is 111 Å². The third kappa shape index (κ3) is 7.87. The van der Waals surface area contributed by atoms with Crippen LogP contribution in [-0.4, -0.2) is 9.13 Å². The van der Waals surface area contributed by atoms with Crippen molar-refractivity contribution in [3.8, 4) is 79.1 Å². The summed E-state index contributed by atoms with van der Waals surface area (Å²) in [6, 6.07) is 71.2. The van der Waals surface area contributed by atoms with Gasteiger partial charge in [0.2, 0.25) is 0 Å². The van der Waals surface area contributed by atoms with Crippen LogP contribution in [0.15, 0.2) is 200 Å². The minimum atomic E-state index is -4.68. The molecule has 0 aliphatic carbocycles. The van der Waals surface area contributed by atoms with Gasteiger partial charge in [0.15, 0.2) is 0 Å². The van der Waals surface area contributed by atoms with Gasteiger partial charge in [0.25, 0.3) is 0 Å². The van der Waals surface area contributed by atoms with Gasteiger partial charge in [-0.25, -0.2) is 0 Å². The van der Waals surface area contributed by atoms with Crippen molar-refractivity contribution in [2.75, 3.05) is 0 Å². The molecule has 0 aliphatic rings. The van der Waals surface area contributed by atoms with Gasteiger partial charge in [-0.3, -0.25) is 0 Å². The minimum Gasteiger partial charge on any atom is -0.307 e. The van der Waals surface area contributed by atoms with Crippen molar-refractivity contribution in [2.24, 2.45) is 0 Å². The van der Waals surface area contributed by atoms with Gasteiger partial charge in [0.1, 0.15) is 0 Å². The lowest BCUT2D eigenvalue weighted by Crippen LogP contribution is -2.07. The molecule has 7 heteroatoms. The van der Waals surface area contributed by atoms with Crippen LogP contribution in [0.4, 0.5) is 13.2 Å². The van der Waals surface area contributed by atoms with E-state index in [2.05, 4.69) is 213 Å². The zero-order valence-corrected chi connectivity index (χ0v) is 41.0. The van der Waals surface area contributed by atoms with Crippen LogP contribution in [-0.2, 0) is 6.18 Å². The molecule has 12 aromatic rings. The van der Waals surface area contributed by atoms with Crippen LogP contribution in [0.2, 0.25) is 0 Å². The number of hydrogen-bond donors (Lipinski definition) is 0. The molecule has 0 unspecified atom stereocenters. The summed E-state index contributed by atoms with van der Waals surface area (Å²) in [6.45, 7) is 8.35. The quantitative estimate of drug-likeness (QED) is 0.160. The van der Waals surface area contributed by atoms with Gasteiger partial charge in [-0.2, -0.15) is 23.7 Å². The number of rotatable bonds is 7. The highest BCUT2D eigenvalue weighted by atomic mass is 19.4. The molecule has 0 atom stereocenters. The van der Waals surface area contributed by atoms with Crippen molar-refractivity contribution >= 4 is 43.6 Å². The molecule has 4 nitrogen and oxygen atoms in total. The Morgan fingerprint density at radius 1 is 0.338 bits per heavy atom. The molecular formula is C67H45F3N4. The van der Waals surface area contributed by atoms with Gasteiger partial charge in [-0.1, -0.05) is 150 Å². The highest BCUT2D eigenvalue weighted by molar-refractivity contribution is 6.14. The smallest absolute Gasteiger partial charge is 0.307 e. The number of aryl methyl sites for hydroxylation is 4. The van der Waals surface area contributed by atoms with Crippen LogP contribution in [0.5, 0.6) is 0 Å². The highest BCUT2D eigenvalue weighted by Gasteiger charge is 2.32. The molecule has 0 radical (unpaired) electrons. The first kappa shape index (κ1) is 45.7. The summed E-state index contributed by atoms with van der Waals surface area (Å²) in [6.07, 6.45) is -4.68. The lowest BCUT2D eigenvalue weighted by atomic mass is 9.93. The average molecular weight is 963 g/mol. The van der Waals surface area contributed by atoms with Gasteiger partial charge in [-0.05, 0) is 145 Å². The molecule has 0 fully saturated rings. The monoisotopic (exact) mass is 962 g/mol. The van der Waals surface area contributed by atoms with E-state index >= 15 is 0 Å². The molecule has 0 saturated heterocycles. The standard InChI is InChI=1S/C67H45F3N4/c1-40-9-5-13-44(27-40)48-17-23-61-57(32-48)58-33-49(45-14-6-10-41(2)28-45)18-24-62(58)73(61)65-36-53(39-72)56(55-22-21-54(67(68,69)70)31-52(55)38-71)37-66(65)74-63-25-19-50(46-15-7-11-42(3)29-46)34-59(63)60-35-51(20-26-64(60)74)47-16-8-12-43(4)30-47/h5-37H,1-4H3. The Kier molecular flexibility index (Phi) is 10.9. The number of halogens is 3. The normalized spacial score (nSPS) is 11.7. The van der Waals surface area contributed by atoms with Gasteiger partial charge < -0.3 is 9.13 Å². The van der Waals surface area contributed by atoms with E-state index < -0.39 is 11.7 Å². The van der Waals surface area contributed by atoms with E-state index in [9.17, 15) is 23.7 Å². The maximum Gasteiger partial charge on any atom is 0.416 e. The van der Waals surface area contributed by atoms with Crippen molar-refractivity contribution in [2.45, 2.75) is 33.9 Å². The molecule has 2 aromatic heterocycles. The molecule has 0 N–H and O–H groups in total. The van der Waals surface area contributed by atoms with Gasteiger partial charge in [-0.15, -0.1) is 0 Å². The molecular weight excluding hydrogens is 918 g/mol. The summed E-state index contributed by atoms with van der Waals surface area (Å²) < 4.78 is 47.1. The Labute approximate surface area is 426 Å². The first-order valence-corrected chi connectivity index (χ1v) is 24.5. The number of hydrogen-bond acceptors (Lipinski definition) is 2. The molecule has 0 spiro atoms. The van der Waals surface area contributed by atoms with E-state index in [1.54, 1.807) is 0 Å².